The van der Waals surface area contributed by atoms with E-state index in [0.717, 1.165) is 29.7 Å². The average Bonchev–Trinajstić information content (AvgIpc) is 3.03. The van der Waals surface area contributed by atoms with Crippen molar-refractivity contribution < 1.29 is 4.79 Å². The third-order valence-corrected chi connectivity index (χ3v) is 3.97. The lowest BCUT2D eigenvalue weighted by molar-refractivity contribution is -0.128. The number of hydrogen-bond donors (Lipinski definition) is 2. The van der Waals surface area contributed by atoms with Crippen LogP contribution in [0.2, 0.25) is 0 Å². The molecule has 0 aliphatic carbocycles. The molecule has 1 aliphatic heterocycles. The lowest BCUT2D eigenvalue weighted by Gasteiger charge is -2.32. The molecule has 23 heavy (non-hydrogen) atoms. The van der Waals surface area contributed by atoms with Gasteiger partial charge in [0.15, 0.2) is 0 Å². The van der Waals surface area contributed by atoms with Gasteiger partial charge in [0.1, 0.15) is 11.6 Å². The van der Waals surface area contributed by atoms with Gasteiger partial charge < -0.3 is 15.1 Å². The Morgan fingerprint density at radius 1 is 1.39 bits per heavy atom. The highest BCUT2D eigenvalue weighted by atomic mass is 16.2. The van der Waals surface area contributed by atoms with Gasteiger partial charge in [0.25, 0.3) is 5.91 Å². The van der Waals surface area contributed by atoms with E-state index in [1.807, 2.05) is 31.3 Å². The Morgan fingerprint density at radius 2 is 2.17 bits per heavy atom. The van der Waals surface area contributed by atoms with Gasteiger partial charge >= 0.3 is 0 Å². The molecule has 3 rings (SSSR count). The number of nitrogens with one attached hydrogen (secondary N) is 2. The van der Waals surface area contributed by atoms with E-state index in [-0.39, 0.29) is 11.5 Å². The molecule has 0 unspecified atom stereocenters. The maximum atomic E-state index is 12.4. The molecule has 1 saturated heterocycles. The van der Waals surface area contributed by atoms with E-state index >= 15 is 0 Å². The second kappa shape index (κ2) is 6.50. The molecule has 1 aromatic carbocycles. The molecule has 1 aromatic heterocycles. The molecule has 1 amide bonds. The van der Waals surface area contributed by atoms with Crippen LogP contribution >= 0.6 is 0 Å². The van der Waals surface area contributed by atoms with Crippen LogP contribution in [-0.2, 0) is 4.79 Å². The summed E-state index contributed by atoms with van der Waals surface area (Å²) in [6.07, 6.45) is 3.21. The molecule has 2 heterocycles. The minimum Gasteiger partial charge on any atom is -0.360 e. The normalized spacial score (nSPS) is 16.3. The van der Waals surface area contributed by atoms with Crippen LogP contribution in [0.25, 0.3) is 10.9 Å². The van der Waals surface area contributed by atoms with Crippen LogP contribution in [0.5, 0.6) is 0 Å². The number of aromatic nitrogens is 2. The molecule has 0 atom stereocenters. The van der Waals surface area contributed by atoms with E-state index in [0.29, 0.717) is 13.1 Å². The summed E-state index contributed by atoms with van der Waals surface area (Å²) in [6.45, 7) is 2.95. The third kappa shape index (κ3) is 3.33. The number of fused-ring (bicyclic) bond motifs is 1. The van der Waals surface area contributed by atoms with Crippen LogP contribution < -0.4 is 5.32 Å². The second-order valence-corrected chi connectivity index (χ2v) is 5.58. The fraction of sp³-hybridized carbons (Fsp3) is 0.312. The van der Waals surface area contributed by atoms with Crippen LogP contribution in [0.15, 0.2) is 36.2 Å². The van der Waals surface area contributed by atoms with Crippen molar-refractivity contribution in [2.45, 2.75) is 0 Å². The Labute approximate surface area is 134 Å². The Hall–Kier alpha value is -2.85. The second-order valence-electron chi connectivity index (χ2n) is 5.58. The van der Waals surface area contributed by atoms with Crippen molar-refractivity contribution in [3.8, 4) is 6.07 Å². The zero-order chi connectivity index (χ0) is 16.2. The van der Waals surface area contributed by atoms with Gasteiger partial charge in [-0.1, -0.05) is 0 Å². The predicted molar refractivity (Wildman–Crippen MR) is 87.5 cm³/mol. The fourth-order valence-corrected chi connectivity index (χ4v) is 2.50. The Kier molecular flexibility index (Phi) is 4.26. The zero-order valence-electron chi connectivity index (χ0n) is 12.9. The van der Waals surface area contributed by atoms with Crippen LogP contribution in [0.1, 0.15) is 0 Å². The van der Waals surface area contributed by atoms with E-state index in [1.165, 1.54) is 6.20 Å². The SMILES string of the molecule is CN1CCN(C(=O)/C(C#N)=C\Nc2ccc3cn[nH]c3c2)CC1. The van der Waals surface area contributed by atoms with E-state index in [9.17, 15) is 10.1 Å². The summed E-state index contributed by atoms with van der Waals surface area (Å²) < 4.78 is 0. The summed E-state index contributed by atoms with van der Waals surface area (Å²) in [4.78, 5) is 16.3. The molecule has 0 radical (unpaired) electrons. The molecule has 0 saturated carbocycles. The summed E-state index contributed by atoms with van der Waals surface area (Å²) in [6, 6.07) is 7.67. The van der Waals surface area contributed by atoms with Gasteiger partial charge in [0, 0.05) is 43.5 Å². The van der Waals surface area contributed by atoms with Crippen molar-refractivity contribution in [3.63, 3.8) is 0 Å². The van der Waals surface area contributed by atoms with Gasteiger partial charge in [-0.3, -0.25) is 9.89 Å². The van der Waals surface area contributed by atoms with Crippen LogP contribution in [-0.4, -0.2) is 59.1 Å². The highest BCUT2D eigenvalue weighted by Gasteiger charge is 2.22. The molecule has 1 fully saturated rings. The van der Waals surface area contributed by atoms with Crippen LogP contribution in [0.4, 0.5) is 5.69 Å². The van der Waals surface area contributed by atoms with Crippen molar-refractivity contribution in [3.05, 3.63) is 36.2 Å². The number of amides is 1. The van der Waals surface area contributed by atoms with Gasteiger partial charge in [-0.15, -0.1) is 0 Å². The van der Waals surface area contributed by atoms with E-state index < -0.39 is 0 Å². The molecule has 2 N–H and O–H groups in total. The summed E-state index contributed by atoms with van der Waals surface area (Å²) in [5.74, 6) is -0.226. The monoisotopic (exact) mass is 310 g/mol. The summed E-state index contributed by atoms with van der Waals surface area (Å²) in [5, 5.41) is 20.1. The number of hydrogen-bond acceptors (Lipinski definition) is 5. The molecule has 0 spiro atoms. The quantitative estimate of drug-likeness (QED) is 0.656. The number of likely N-dealkylation sites (N-methyl/N-ethyl adjacent to an activating group) is 1. The van der Waals surface area contributed by atoms with Gasteiger partial charge in [-0.2, -0.15) is 10.4 Å². The first-order valence-electron chi connectivity index (χ1n) is 7.45. The van der Waals surface area contributed by atoms with Crippen molar-refractivity contribution in [2.75, 3.05) is 38.5 Å². The predicted octanol–water partition coefficient (Wildman–Crippen LogP) is 1.16. The largest absolute Gasteiger partial charge is 0.360 e. The topological polar surface area (TPSA) is 88.1 Å². The van der Waals surface area contributed by atoms with Crippen molar-refractivity contribution >= 4 is 22.5 Å². The van der Waals surface area contributed by atoms with Gasteiger partial charge in [-0.25, -0.2) is 0 Å². The molecule has 7 nitrogen and oxygen atoms in total. The van der Waals surface area contributed by atoms with Gasteiger partial charge in [-0.05, 0) is 25.2 Å². The highest BCUT2D eigenvalue weighted by molar-refractivity contribution is 5.97. The smallest absolute Gasteiger partial charge is 0.266 e. The Morgan fingerprint density at radius 3 is 2.91 bits per heavy atom. The van der Waals surface area contributed by atoms with Crippen molar-refractivity contribution in [2.24, 2.45) is 0 Å². The number of benzene rings is 1. The molecule has 2 aromatic rings. The van der Waals surface area contributed by atoms with Crippen molar-refractivity contribution in [1.82, 2.24) is 20.0 Å². The Bertz CT molecular complexity index is 779. The van der Waals surface area contributed by atoms with Crippen LogP contribution in [0.3, 0.4) is 0 Å². The van der Waals surface area contributed by atoms with Gasteiger partial charge in [0.05, 0.1) is 11.7 Å². The number of nitrogens with zero attached hydrogens (tertiary/aromatic N) is 4. The molecule has 7 heteroatoms. The first-order valence-corrected chi connectivity index (χ1v) is 7.45. The van der Waals surface area contributed by atoms with Crippen molar-refractivity contribution in [1.29, 1.82) is 5.26 Å². The maximum Gasteiger partial charge on any atom is 0.266 e. The highest BCUT2D eigenvalue weighted by Crippen LogP contribution is 2.17. The number of anilines is 1. The molecular weight excluding hydrogens is 292 g/mol. The fourth-order valence-electron chi connectivity index (χ4n) is 2.50. The number of carbonyl (C=O) groups is 1. The first-order chi connectivity index (χ1) is 11.2. The molecule has 0 bridgehead atoms. The summed E-state index contributed by atoms with van der Waals surface area (Å²) in [5.41, 5.74) is 1.80. The number of H-pyrrole nitrogens is 1. The van der Waals surface area contributed by atoms with Gasteiger partial charge in [0.2, 0.25) is 0 Å². The Balaban J connectivity index is 1.71. The molecule has 118 valence electrons. The van der Waals surface area contributed by atoms with E-state index in [2.05, 4.69) is 20.4 Å². The minimum absolute atomic E-state index is 0.110. The lowest BCUT2D eigenvalue weighted by Crippen LogP contribution is -2.47. The summed E-state index contributed by atoms with van der Waals surface area (Å²) >= 11 is 0. The minimum atomic E-state index is -0.226. The van der Waals surface area contributed by atoms with Crippen LogP contribution in [0, 0.1) is 11.3 Å². The maximum absolute atomic E-state index is 12.4. The molecule has 1 aliphatic rings. The number of aromatic amines is 1. The zero-order valence-corrected chi connectivity index (χ0v) is 12.9. The number of carbonyl (C=O) groups excluding carboxylic acids is 1. The molecular formula is C16H18N6O. The standard InChI is InChI=1S/C16H18N6O/c1-21-4-6-22(7-5-21)16(23)13(9-17)10-18-14-3-2-12-11-19-20-15(12)8-14/h2-3,8,10-11,18H,4-7H2,1H3,(H,19,20)/b13-10-. The number of piperazine rings is 1. The average molecular weight is 310 g/mol. The number of nitriles is 1. The van der Waals surface area contributed by atoms with E-state index in [1.54, 1.807) is 11.1 Å². The lowest BCUT2D eigenvalue weighted by atomic mass is 10.2. The number of rotatable bonds is 3. The third-order valence-electron chi connectivity index (χ3n) is 3.97. The van der Waals surface area contributed by atoms with E-state index in [4.69, 9.17) is 0 Å². The first kappa shape index (κ1) is 15.1. The summed E-state index contributed by atoms with van der Waals surface area (Å²) in [7, 11) is 2.02.